The lowest BCUT2D eigenvalue weighted by Crippen LogP contribution is -2.52. The van der Waals surface area contributed by atoms with Crippen LogP contribution in [-0.2, 0) is 4.79 Å². The Labute approximate surface area is 143 Å². The molecule has 8 heteroatoms. The van der Waals surface area contributed by atoms with Gasteiger partial charge >= 0.3 is 6.18 Å². The molecule has 136 valence electrons. The van der Waals surface area contributed by atoms with E-state index < -0.39 is 36.0 Å². The molecule has 1 fully saturated rings. The van der Waals surface area contributed by atoms with E-state index in [2.05, 4.69) is 5.10 Å². The van der Waals surface area contributed by atoms with Crippen molar-refractivity contribution in [3.8, 4) is 5.75 Å². The number of alkyl halides is 3. The molecule has 1 aromatic carbocycles. The van der Waals surface area contributed by atoms with Gasteiger partial charge in [0.25, 0.3) is 5.91 Å². The minimum Gasteiger partial charge on any atom is -0.484 e. The van der Waals surface area contributed by atoms with Crippen molar-refractivity contribution in [2.24, 2.45) is 11.0 Å². The number of ether oxygens (including phenoxy) is 1. The van der Waals surface area contributed by atoms with Gasteiger partial charge in [0.15, 0.2) is 12.3 Å². The highest BCUT2D eigenvalue weighted by molar-refractivity contribution is 5.96. The van der Waals surface area contributed by atoms with E-state index >= 15 is 0 Å². The quantitative estimate of drug-likeness (QED) is 0.905. The number of hydrogen-bond acceptors (Lipinski definition) is 4. The van der Waals surface area contributed by atoms with Gasteiger partial charge in [-0.25, -0.2) is 0 Å². The van der Waals surface area contributed by atoms with Crippen LogP contribution in [0.4, 0.5) is 13.2 Å². The first-order chi connectivity index (χ1) is 11.8. The van der Waals surface area contributed by atoms with Crippen molar-refractivity contribution in [1.29, 1.82) is 0 Å². The van der Waals surface area contributed by atoms with E-state index in [0.29, 0.717) is 30.0 Å². The number of aliphatic hydroxyl groups is 1. The standard InChI is InChI=1S/C17H19F3N2O3/c18-17(19,20)15-13-9-5-2-6-10-16(13,24)22(21-15)14(23)11-25-12-7-3-1-4-8-12/h1,3-4,7-8,13,24H,2,5-6,9-11H2. The molecule has 5 nitrogen and oxygen atoms in total. The van der Waals surface area contributed by atoms with Crippen molar-refractivity contribution in [3.05, 3.63) is 30.3 Å². The summed E-state index contributed by atoms with van der Waals surface area (Å²) in [6.07, 6.45) is -2.65. The molecule has 2 unspecified atom stereocenters. The van der Waals surface area contributed by atoms with Crippen molar-refractivity contribution in [2.45, 2.75) is 44.0 Å². The van der Waals surface area contributed by atoms with Crippen molar-refractivity contribution in [3.63, 3.8) is 0 Å². The lowest BCUT2D eigenvalue weighted by molar-refractivity contribution is -0.166. The van der Waals surface area contributed by atoms with E-state index in [4.69, 9.17) is 4.74 Å². The fourth-order valence-electron chi connectivity index (χ4n) is 3.44. The van der Waals surface area contributed by atoms with E-state index in [1.54, 1.807) is 30.3 Å². The summed E-state index contributed by atoms with van der Waals surface area (Å²) in [5.41, 5.74) is -3.01. The number of nitrogens with zero attached hydrogens (tertiary/aromatic N) is 2. The highest BCUT2D eigenvalue weighted by Gasteiger charge is 2.59. The van der Waals surface area contributed by atoms with Crippen molar-refractivity contribution in [1.82, 2.24) is 5.01 Å². The molecule has 3 rings (SSSR count). The average Bonchev–Trinajstić information content (AvgIpc) is 2.73. The van der Waals surface area contributed by atoms with Gasteiger partial charge in [0.05, 0.1) is 5.92 Å². The normalized spacial score (nSPS) is 26.6. The van der Waals surface area contributed by atoms with Crippen LogP contribution in [-0.4, -0.2) is 40.2 Å². The summed E-state index contributed by atoms with van der Waals surface area (Å²) in [6.45, 7) is -0.492. The van der Waals surface area contributed by atoms with Crippen LogP contribution in [0, 0.1) is 5.92 Å². The molecule has 2 aliphatic rings. The summed E-state index contributed by atoms with van der Waals surface area (Å²) < 4.78 is 45.2. The molecule has 25 heavy (non-hydrogen) atoms. The number of carbonyl (C=O) groups is 1. The molecule has 0 bridgehead atoms. The van der Waals surface area contributed by atoms with Crippen molar-refractivity contribution in [2.75, 3.05) is 6.61 Å². The maximum Gasteiger partial charge on any atom is 0.431 e. The lowest BCUT2D eigenvalue weighted by atomic mass is 9.87. The lowest BCUT2D eigenvalue weighted by Gasteiger charge is -2.34. The molecule has 0 saturated heterocycles. The molecule has 1 aliphatic carbocycles. The SMILES string of the molecule is O=C(COc1ccccc1)N1N=C(C(F)(F)F)C2CCCCCC21O. The Morgan fingerprint density at radius 1 is 1.28 bits per heavy atom. The summed E-state index contributed by atoms with van der Waals surface area (Å²) in [5.74, 6) is -1.59. The highest BCUT2D eigenvalue weighted by Crippen LogP contribution is 2.44. The number of hydrazone groups is 1. The van der Waals surface area contributed by atoms with E-state index in [1.165, 1.54) is 0 Å². The van der Waals surface area contributed by atoms with Crippen LogP contribution < -0.4 is 4.74 Å². The predicted octanol–water partition coefficient (Wildman–Crippen LogP) is 3.09. The molecule has 2 atom stereocenters. The van der Waals surface area contributed by atoms with Gasteiger partial charge in [-0.05, 0) is 31.4 Å². The van der Waals surface area contributed by atoms with Gasteiger partial charge in [-0.1, -0.05) is 31.0 Å². The van der Waals surface area contributed by atoms with Gasteiger partial charge in [-0.2, -0.15) is 23.3 Å². The number of para-hydroxylation sites is 1. The molecule has 1 aliphatic heterocycles. The predicted molar refractivity (Wildman–Crippen MR) is 83.8 cm³/mol. The largest absolute Gasteiger partial charge is 0.484 e. The summed E-state index contributed by atoms with van der Waals surface area (Å²) >= 11 is 0. The number of hydrogen-bond donors (Lipinski definition) is 1. The number of carbonyl (C=O) groups excluding carboxylic acids is 1. The van der Waals surface area contributed by atoms with Crippen LogP contribution in [0.5, 0.6) is 5.75 Å². The first kappa shape index (κ1) is 17.7. The number of amides is 1. The second-order valence-corrected chi connectivity index (χ2v) is 6.32. The third kappa shape index (κ3) is 3.49. The molecule has 0 radical (unpaired) electrons. The van der Waals surface area contributed by atoms with Crippen LogP contribution >= 0.6 is 0 Å². The molecule has 0 spiro atoms. The third-order valence-corrected chi connectivity index (χ3v) is 4.63. The maximum absolute atomic E-state index is 13.3. The third-order valence-electron chi connectivity index (χ3n) is 4.63. The molecule has 1 amide bonds. The second-order valence-electron chi connectivity index (χ2n) is 6.32. The highest BCUT2D eigenvalue weighted by atomic mass is 19.4. The van der Waals surface area contributed by atoms with Crippen LogP contribution in [0.15, 0.2) is 35.4 Å². The molecule has 1 N–H and O–H groups in total. The first-order valence-electron chi connectivity index (χ1n) is 8.21. The van der Waals surface area contributed by atoms with Gasteiger partial charge in [-0.3, -0.25) is 4.79 Å². The molecule has 1 saturated carbocycles. The molecule has 1 heterocycles. The van der Waals surface area contributed by atoms with Crippen molar-refractivity contribution >= 4 is 11.6 Å². The van der Waals surface area contributed by atoms with Crippen LogP contribution in [0.1, 0.15) is 32.1 Å². The fraction of sp³-hybridized carbons (Fsp3) is 0.529. The average molecular weight is 356 g/mol. The smallest absolute Gasteiger partial charge is 0.431 e. The topological polar surface area (TPSA) is 62.1 Å². The Morgan fingerprint density at radius 2 is 2.00 bits per heavy atom. The van der Waals surface area contributed by atoms with E-state index in [1.807, 2.05) is 0 Å². The maximum atomic E-state index is 13.3. The Balaban J connectivity index is 1.82. The zero-order valence-corrected chi connectivity index (χ0v) is 13.5. The fourth-order valence-corrected chi connectivity index (χ4v) is 3.44. The minimum absolute atomic E-state index is 0.0673. The number of benzene rings is 1. The molecule has 0 aromatic heterocycles. The molecular weight excluding hydrogens is 337 g/mol. The number of fused-ring (bicyclic) bond motifs is 1. The minimum atomic E-state index is -4.68. The van der Waals surface area contributed by atoms with E-state index in [-0.39, 0.29) is 12.8 Å². The van der Waals surface area contributed by atoms with Crippen molar-refractivity contribution < 1.29 is 27.8 Å². The summed E-state index contributed by atoms with van der Waals surface area (Å²) in [4.78, 5) is 12.4. The van der Waals surface area contributed by atoms with Gasteiger partial charge in [-0.15, -0.1) is 0 Å². The number of halogens is 3. The van der Waals surface area contributed by atoms with Gasteiger partial charge in [0.2, 0.25) is 0 Å². The van der Waals surface area contributed by atoms with Crippen LogP contribution in [0.3, 0.4) is 0 Å². The summed E-state index contributed by atoms with van der Waals surface area (Å²) in [6, 6.07) is 8.46. The Kier molecular flexibility index (Phi) is 4.73. The van der Waals surface area contributed by atoms with E-state index in [9.17, 15) is 23.1 Å². The van der Waals surface area contributed by atoms with Gasteiger partial charge in [0.1, 0.15) is 11.5 Å². The van der Waals surface area contributed by atoms with Gasteiger partial charge in [0, 0.05) is 0 Å². The summed E-state index contributed by atoms with van der Waals surface area (Å²) in [7, 11) is 0. The summed E-state index contributed by atoms with van der Waals surface area (Å²) in [5, 5.41) is 15.0. The molecular formula is C17H19F3N2O3. The monoisotopic (exact) mass is 356 g/mol. The first-order valence-corrected chi connectivity index (χ1v) is 8.21. The van der Waals surface area contributed by atoms with Gasteiger partial charge < -0.3 is 9.84 Å². The van der Waals surface area contributed by atoms with E-state index in [0.717, 1.165) is 0 Å². The zero-order chi connectivity index (χ0) is 18.1. The second kappa shape index (κ2) is 6.67. The van der Waals surface area contributed by atoms with Crippen LogP contribution in [0.25, 0.3) is 0 Å². The number of rotatable bonds is 3. The Bertz CT molecular complexity index is 663. The molecule has 1 aromatic rings. The zero-order valence-electron chi connectivity index (χ0n) is 13.5. The Hall–Kier alpha value is -2.09. The van der Waals surface area contributed by atoms with Crippen LogP contribution in [0.2, 0.25) is 0 Å². The Morgan fingerprint density at radius 3 is 2.68 bits per heavy atom.